The Kier molecular flexibility index (Phi) is 3.77. The molecule has 0 spiro atoms. The molecule has 0 amide bonds. The van der Waals surface area contributed by atoms with Crippen LogP contribution in [0.25, 0.3) is 0 Å². The van der Waals surface area contributed by atoms with Gasteiger partial charge in [0.05, 0.1) is 4.90 Å². The lowest BCUT2D eigenvalue weighted by molar-refractivity contribution is -0.140. The van der Waals surface area contributed by atoms with E-state index in [-0.39, 0.29) is 6.04 Å². The third kappa shape index (κ3) is 2.44. The van der Waals surface area contributed by atoms with Crippen molar-refractivity contribution in [3.8, 4) is 0 Å². The predicted molar refractivity (Wildman–Crippen MR) is 64.8 cm³/mol. The van der Waals surface area contributed by atoms with Crippen LogP contribution in [-0.2, 0) is 15.8 Å². The van der Waals surface area contributed by atoms with Gasteiger partial charge in [-0.3, -0.25) is 4.79 Å². The molecule has 1 aromatic carbocycles. The van der Waals surface area contributed by atoms with Crippen molar-refractivity contribution in [3.63, 3.8) is 0 Å². The fourth-order valence-electron chi connectivity index (χ4n) is 2.14. The maximum Gasteiger partial charge on any atom is 0.321 e. The fourth-order valence-corrected chi connectivity index (χ4v) is 3.62. The number of nitrogens with zero attached hydrogens (tertiary/aromatic N) is 1. The van der Waals surface area contributed by atoms with Gasteiger partial charge in [-0.25, -0.2) is 12.9 Å². The molecule has 18 heavy (non-hydrogen) atoms. The highest BCUT2D eigenvalue weighted by Crippen LogP contribution is 2.28. The van der Waals surface area contributed by atoms with Crippen LogP contribution in [0.4, 0.5) is 4.39 Å². The van der Waals surface area contributed by atoms with Gasteiger partial charge >= 0.3 is 5.97 Å². The van der Waals surface area contributed by atoms with Crippen molar-refractivity contribution in [2.75, 3.05) is 0 Å². The van der Waals surface area contributed by atoms with Gasteiger partial charge < -0.3 is 5.11 Å². The second-order valence-electron chi connectivity index (χ2n) is 4.34. The summed E-state index contributed by atoms with van der Waals surface area (Å²) in [4.78, 5) is 11.5. The lowest BCUT2D eigenvalue weighted by atomic mass is 10.2. The van der Waals surface area contributed by atoms with Crippen molar-refractivity contribution in [1.82, 2.24) is 4.31 Å². The van der Waals surface area contributed by atoms with Crippen LogP contribution >= 0.6 is 0 Å². The molecule has 0 saturated carbocycles. The van der Waals surface area contributed by atoms with E-state index in [1.54, 1.807) is 0 Å². The third-order valence-corrected chi connectivity index (χ3v) is 4.76. The van der Waals surface area contributed by atoms with E-state index in [2.05, 4.69) is 0 Å². The summed E-state index contributed by atoms with van der Waals surface area (Å²) in [6.45, 7) is 1.85. The number of rotatable bonds is 3. The molecule has 0 bridgehead atoms. The molecule has 1 aliphatic rings. The average Bonchev–Trinajstić information content (AvgIpc) is 2.71. The second-order valence-corrected chi connectivity index (χ2v) is 5.73. The van der Waals surface area contributed by atoms with Crippen LogP contribution in [-0.4, -0.2) is 31.7 Å². The predicted octanol–water partition coefficient (Wildman–Crippen LogP) is 1.79. The average molecular weight is 271 g/mol. The molecule has 2 rings (SSSR count). The van der Waals surface area contributed by atoms with Crippen molar-refractivity contribution in [2.45, 2.75) is 36.7 Å². The lowest BCUT2D eigenvalue weighted by Gasteiger charge is -2.24. The van der Waals surface area contributed by atoms with Gasteiger partial charge in [-0.15, -0.1) is 0 Å². The lowest BCUT2D eigenvalue weighted by Crippen LogP contribution is -2.40. The van der Waals surface area contributed by atoms with E-state index in [1.807, 2.05) is 6.92 Å². The monoisotopic (exact) mass is 271 g/mol. The Morgan fingerprint density at radius 3 is 2.56 bits per heavy atom. The number of halogens is 1. The van der Waals surface area contributed by atoms with Gasteiger partial charge in [0.1, 0.15) is 22.8 Å². The number of carbonyl (C=O) groups is 1. The maximum absolute atomic E-state index is 12.8. The molecule has 1 N–H and O–H groups in total. The van der Waals surface area contributed by atoms with Crippen molar-refractivity contribution in [1.29, 1.82) is 0 Å². The number of hydrogen-bond donors (Lipinski definition) is 1. The van der Waals surface area contributed by atoms with Crippen LogP contribution in [0.5, 0.6) is 0 Å². The van der Waals surface area contributed by atoms with E-state index in [9.17, 15) is 13.4 Å². The largest absolute Gasteiger partial charge is 0.480 e. The Labute approximate surface area is 107 Å². The van der Waals surface area contributed by atoms with Gasteiger partial charge in [-0.1, -0.05) is 0 Å². The molecule has 1 aliphatic heterocycles. The number of carboxylic acid groups (broad SMARTS) is 1. The second kappa shape index (κ2) is 5.16. The van der Waals surface area contributed by atoms with Crippen molar-refractivity contribution >= 4 is 17.0 Å². The van der Waals surface area contributed by atoms with Crippen LogP contribution < -0.4 is 0 Å². The van der Waals surface area contributed by atoms with Crippen LogP contribution in [0.2, 0.25) is 0 Å². The maximum atomic E-state index is 12.8. The van der Waals surface area contributed by atoms with Crippen LogP contribution in [0.1, 0.15) is 19.8 Å². The summed E-state index contributed by atoms with van der Waals surface area (Å²) in [6, 6.07) is 4.51. The first-order chi connectivity index (χ1) is 8.50. The Morgan fingerprint density at radius 1 is 1.39 bits per heavy atom. The molecular weight excluding hydrogens is 257 g/mol. The smallest absolute Gasteiger partial charge is 0.321 e. The van der Waals surface area contributed by atoms with Crippen LogP contribution in [0.15, 0.2) is 29.2 Å². The molecule has 0 aliphatic carbocycles. The van der Waals surface area contributed by atoms with Crippen molar-refractivity contribution < 1.29 is 18.5 Å². The minimum Gasteiger partial charge on any atom is -0.480 e. The Balaban J connectivity index is 2.26. The molecule has 6 heteroatoms. The molecular formula is C12H14FNO3S. The molecule has 98 valence electrons. The molecule has 3 atom stereocenters. The summed E-state index contributed by atoms with van der Waals surface area (Å²) in [5, 5.41) is 9.11. The topological polar surface area (TPSA) is 57.6 Å². The van der Waals surface area contributed by atoms with E-state index in [1.165, 1.54) is 28.6 Å². The zero-order chi connectivity index (χ0) is 13.3. The summed E-state index contributed by atoms with van der Waals surface area (Å²) in [5.41, 5.74) is 0. The summed E-state index contributed by atoms with van der Waals surface area (Å²) < 4.78 is 26.6. The first-order valence-corrected chi connectivity index (χ1v) is 6.80. The molecule has 1 saturated heterocycles. The van der Waals surface area contributed by atoms with Crippen molar-refractivity contribution in [2.24, 2.45) is 0 Å². The highest BCUT2D eigenvalue weighted by atomic mass is 32.2. The fraction of sp³-hybridized carbons (Fsp3) is 0.417. The summed E-state index contributed by atoms with van der Waals surface area (Å²) in [5.74, 6) is -1.37. The highest BCUT2D eigenvalue weighted by molar-refractivity contribution is 7.82. The SMILES string of the molecule is CC1CCC(C(=O)O)N1S(=O)c1ccc(F)cc1. The summed E-state index contributed by atoms with van der Waals surface area (Å²) in [6.07, 6.45) is 1.19. The normalized spacial score (nSPS) is 26.1. The van der Waals surface area contributed by atoms with E-state index < -0.39 is 28.8 Å². The minimum atomic E-state index is -1.56. The summed E-state index contributed by atoms with van der Waals surface area (Å²) >= 11 is 0. The minimum absolute atomic E-state index is 0.0583. The van der Waals surface area contributed by atoms with Crippen molar-refractivity contribution in [3.05, 3.63) is 30.1 Å². The molecule has 4 nitrogen and oxygen atoms in total. The standard InChI is InChI=1S/C12H14FNO3S/c1-8-2-7-11(12(15)16)14(8)18(17)10-5-3-9(13)4-6-10/h3-6,8,11H,2,7H2,1H3,(H,15,16). The van der Waals surface area contributed by atoms with Gasteiger partial charge in [0, 0.05) is 6.04 Å². The van der Waals surface area contributed by atoms with Gasteiger partial charge in [-0.2, -0.15) is 0 Å². The van der Waals surface area contributed by atoms with Crippen LogP contribution in [0, 0.1) is 5.82 Å². The molecule has 1 heterocycles. The molecule has 0 aromatic heterocycles. The van der Waals surface area contributed by atoms with E-state index in [0.717, 1.165) is 0 Å². The number of carboxylic acids is 1. The van der Waals surface area contributed by atoms with Gasteiger partial charge in [0.15, 0.2) is 0 Å². The molecule has 3 unspecified atom stereocenters. The Morgan fingerprint density at radius 2 is 2.00 bits per heavy atom. The zero-order valence-electron chi connectivity index (χ0n) is 9.88. The third-order valence-electron chi connectivity index (χ3n) is 3.09. The van der Waals surface area contributed by atoms with Gasteiger partial charge in [0.2, 0.25) is 0 Å². The zero-order valence-corrected chi connectivity index (χ0v) is 10.7. The number of aliphatic carboxylic acids is 1. The summed E-state index contributed by atoms with van der Waals surface area (Å²) in [7, 11) is -1.56. The van der Waals surface area contributed by atoms with Gasteiger partial charge in [-0.05, 0) is 44.0 Å². The molecule has 0 radical (unpaired) electrons. The number of benzene rings is 1. The van der Waals surface area contributed by atoms with E-state index >= 15 is 0 Å². The highest BCUT2D eigenvalue weighted by Gasteiger charge is 2.39. The number of hydrogen-bond acceptors (Lipinski definition) is 2. The van der Waals surface area contributed by atoms with Gasteiger partial charge in [0.25, 0.3) is 0 Å². The van der Waals surface area contributed by atoms with E-state index in [4.69, 9.17) is 5.11 Å². The first kappa shape index (κ1) is 13.2. The van der Waals surface area contributed by atoms with Crippen LogP contribution in [0.3, 0.4) is 0 Å². The molecule has 1 fully saturated rings. The molecule has 1 aromatic rings. The Bertz CT molecular complexity index is 477. The van der Waals surface area contributed by atoms with E-state index in [0.29, 0.717) is 17.7 Å². The Hall–Kier alpha value is -1.27. The quantitative estimate of drug-likeness (QED) is 0.911. The first-order valence-electron chi connectivity index (χ1n) is 5.69.